The number of imidazole rings is 1. The Labute approximate surface area is 419 Å². The van der Waals surface area contributed by atoms with E-state index in [0.717, 1.165) is 44.4 Å². The largest absolute Gasteiger partial charge is 0.501 e. The smallest absolute Gasteiger partial charge is 0.121 e. The number of furan rings is 1. The molecule has 0 aliphatic carbocycles. The van der Waals surface area contributed by atoms with Crippen molar-refractivity contribution in [3.05, 3.63) is 223 Å². The molecular weight excluding hydrogens is 1030 g/mol. The minimum absolute atomic E-state index is 0. The van der Waals surface area contributed by atoms with Gasteiger partial charge < -0.3 is 14.0 Å². The number of aromatic nitrogens is 3. The molecule has 0 aliphatic rings. The average Bonchev–Trinajstić information content (AvgIpc) is 3.96. The van der Waals surface area contributed by atoms with Crippen LogP contribution in [-0.2, 0) is 20.1 Å². The number of benzene rings is 9. The van der Waals surface area contributed by atoms with Crippen molar-refractivity contribution in [1.82, 2.24) is 14.5 Å². The predicted molar refractivity (Wildman–Crippen MR) is 280 cm³/mol. The summed E-state index contributed by atoms with van der Waals surface area (Å²) in [4.78, 5) is 9.39. The molecule has 0 atom stereocenters. The van der Waals surface area contributed by atoms with Crippen molar-refractivity contribution >= 4 is 54.5 Å². The van der Waals surface area contributed by atoms with Crippen LogP contribution in [0.25, 0.3) is 105 Å². The summed E-state index contributed by atoms with van der Waals surface area (Å²) in [7, 11) is 0. The Kier molecular flexibility index (Phi) is 11.4. The topological polar surface area (TPSA) is 43.9 Å². The van der Waals surface area contributed by atoms with Crippen LogP contribution in [0, 0.1) is 24.8 Å². The standard InChI is InChI=1S/C51H39N2O.C12H9FN.Ir/c1-31(2)42-28-38(34-16-9-6-10-17-34)29-43(32(3)4)49(42)53-47-21-12-11-20-46(47)52-51(53)41-19-13-18-40-45-27-37-23-22-36-26-35(33-14-7-5-8-15-33)24-25-39(36)44(37)30-48(45)54-50(40)41;1-9-2-7-12(14-8-9)10-3-5-11(13)6-4-10;/h5-18,20-32H,1-4H3;2-3,5-8H,1H3;/q2*-1;/i;1D3;. The van der Waals surface area contributed by atoms with Crippen molar-refractivity contribution in [2.45, 2.75) is 46.4 Å². The van der Waals surface area contributed by atoms with Gasteiger partial charge in [0.2, 0.25) is 0 Å². The second-order valence-corrected chi connectivity index (χ2v) is 17.9. The van der Waals surface area contributed by atoms with Gasteiger partial charge >= 0.3 is 0 Å². The first-order valence-electron chi connectivity index (χ1n) is 24.5. The number of fused-ring (bicyclic) bond motifs is 7. The number of nitrogens with zero attached hydrogens (tertiary/aromatic N) is 3. The van der Waals surface area contributed by atoms with E-state index in [1.54, 1.807) is 12.1 Å². The summed E-state index contributed by atoms with van der Waals surface area (Å²) in [5, 5.41) is 6.94. The summed E-state index contributed by atoms with van der Waals surface area (Å²) >= 11 is 0. The van der Waals surface area contributed by atoms with Crippen LogP contribution in [0.5, 0.6) is 0 Å². The molecule has 69 heavy (non-hydrogen) atoms. The number of hydrogen-bond donors (Lipinski definition) is 0. The summed E-state index contributed by atoms with van der Waals surface area (Å²) in [6.45, 7) is 7.01. The first-order valence-corrected chi connectivity index (χ1v) is 23.0. The predicted octanol–water partition coefficient (Wildman–Crippen LogP) is 17.3. The van der Waals surface area contributed by atoms with Crippen LogP contribution < -0.4 is 0 Å². The van der Waals surface area contributed by atoms with Crippen molar-refractivity contribution in [3.8, 4) is 50.6 Å². The Morgan fingerprint density at radius 1 is 0.609 bits per heavy atom. The molecule has 0 saturated carbocycles. The Balaban J connectivity index is 0.000000282. The molecule has 3 heterocycles. The van der Waals surface area contributed by atoms with E-state index in [0.29, 0.717) is 11.3 Å². The molecular formula is C63H48FIrN3O-2. The van der Waals surface area contributed by atoms with Crippen LogP contribution >= 0.6 is 0 Å². The van der Waals surface area contributed by atoms with Gasteiger partial charge in [-0.15, -0.1) is 48.0 Å². The van der Waals surface area contributed by atoms with Crippen LogP contribution in [-0.4, -0.2) is 14.5 Å². The Morgan fingerprint density at radius 3 is 1.97 bits per heavy atom. The van der Waals surface area contributed by atoms with Gasteiger partial charge in [0, 0.05) is 47.3 Å². The molecule has 0 aliphatic heterocycles. The number of para-hydroxylation sites is 2. The SMILES string of the molecule is CC(C)c1cc(-c2ccccc2)cc(C(C)C)c1-n1c(-c2[c-]ccc3c2oc2cc4c(ccc5cc(-c6ccccc6)ccc54)cc23)nc2ccccc21.[2H]C([2H])([2H])c1ccc(-c2[c-]cc(F)cc2)nc1.[Ir]. The fourth-order valence-corrected chi connectivity index (χ4v) is 9.43. The van der Waals surface area contributed by atoms with Crippen LogP contribution in [0.3, 0.4) is 0 Å². The van der Waals surface area contributed by atoms with Gasteiger partial charge in [-0.05, 0) is 127 Å². The van der Waals surface area contributed by atoms with Crippen molar-refractivity contribution in [3.63, 3.8) is 0 Å². The average molecular weight is 1080 g/mol. The van der Waals surface area contributed by atoms with Gasteiger partial charge in [-0.2, -0.15) is 0 Å². The molecule has 339 valence electrons. The molecule has 0 bridgehead atoms. The second-order valence-electron chi connectivity index (χ2n) is 17.9. The van der Waals surface area contributed by atoms with Gasteiger partial charge in [0.25, 0.3) is 0 Å². The van der Waals surface area contributed by atoms with Crippen molar-refractivity contribution in [2.75, 3.05) is 0 Å². The van der Waals surface area contributed by atoms with Crippen LogP contribution in [0.4, 0.5) is 4.39 Å². The first-order chi connectivity index (χ1) is 34.4. The van der Waals surface area contributed by atoms with Crippen molar-refractivity contribution in [1.29, 1.82) is 0 Å². The van der Waals surface area contributed by atoms with E-state index < -0.39 is 6.85 Å². The molecule has 4 nitrogen and oxygen atoms in total. The third-order valence-corrected chi connectivity index (χ3v) is 12.8. The normalized spacial score (nSPS) is 12.3. The number of rotatable bonds is 7. The number of halogens is 1. The van der Waals surface area contributed by atoms with Gasteiger partial charge in [-0.25, -0.2) is 0 Å². The van der Waals surface area contributed by atoms with Gasteiger partial charge in [0.1, 0.15) is 5.58 Å². The Bertz CT molecular complexity index is 3890. The summed E-state index contributed by atoms with van der Waals surface area (Å²) in [6, 6.07) is 67.9. The molecule has 0 unspecified atom stereocenters. The Morgan fingerprint density at radius 2 is 1.30 bits per heavy atom. The Hall–Kier alpha value is -7.50. The molecule has 6 heteroatoms. The van der Waals surface area contributed by atoms with Crippen LogP contribution in [0.2, 0.25) is 0 Å². The summed E-state index contributed by atoms with van der Waals surface area (Å²) < 4.78 is 43.6. The van der Waals surface area contributed by atoms with E-state index in [2.05, 4.69) is 195 Å². The zero-order chi connectivity index (χ0) is 49.0. The van der Waals surface area contributed by atoms with Crippen molar-refractivity contribution in [2.24, 2.45) is 0 Å². The number of pyridine rings is 1. The zero-order valence-corrected chi connectivity index (χ0v) is 40.9. The van der Waals surface area contributed by atoms with E-state index in [1.807, 2.05) is 6.07 Å². The molecule has 0 saturated heterocycles. The van der Waals surface area contributed by atoms with E-state index in [-0.39, 0.29) is 43.3 Å². The molecule has 0 spiro atoms. The van der Waals surface area contributed by atoms with E-state index in [4.69, 9.17) is 13.5 Å². The first kappa shape index (κ1) is 41.7. The molecule has 12 aromatic rings. The van der Waals surface area contributed by atoms with E-state index in [9.17, 15) is 4.39 Å². The second kappa shape index (κ2) is 18.9. The van der Waals surface area contributed by atoms with Gasteiger partial charge in [0.05, 0.1) is 22.4 Å². The van der Waals surface area contributed by atoms with Gasteiger partial charge in [0.15, 0.2) is 0 Å². The minimum atomic E-state index is -2.15. The number of hydrogen-bond acceptors (Lipinski definition) is 3. The molecule has 12 rings (SSSR count). The maximum atomic E-state index is 12.7. The fraction of sp³-hybridized carbons (Fsp3) is 0.111. The van der Waals surface area contributed by atoms with Gasteiger partial charge in [-0.3, -0.25) is 9.37 Å². The van der Waals surface area contributed by atoms with Crippen molar-refractivity contribution < 1.29 is 33.0 Å². The molecule has 1 radical (unpaired) electrons. The van der Waals surface area contributed by atoms with E-state index >= 15 is 0 Å². The van der Waals surface area contributed by atoms with Gasteiger partial charge in [-0.1, -0.05) is 148 Å². The fourth-order valence-electron chi connectivity index (χ4n) is 9.43. The molecule has 3 aromatic heterocycles. The quantitative estimate of drug-likeness (QED) is 0.118. The van der Waals surface area contributed by atoms with Crippen LogP contribution in [0.15, 0.2) is 193 Å². The zero-order valence-electron chi connectivity index (χ0n) is 41.5. The minimum Gasteiger partial charge on any atom is -0.501 e. The third kappa shape index (κ3) is 8.56. The summed E-state index contributed by atoms with van der Waals surface area (Å²) in [5.74, 6) is 1.01. The molecule has 9 aromatic carbocycles. The molecule has 0 amide bonds. The monoisotopic (exact) mass is 1080 g/mol. The van der Waals surface area contributed by atoms with E-state index in [1.165, 1.54) is 85.0 Å². The third-order valence-electron chi connectivity index (χ3n) is 12.8. The maximum Gasteiger partial charge on any atom is 0.121 e. The molecule has 0 fully saturated rings. The molecule has 0 N–H and O–H groups in total. The van der Waals surface area contributed by atoms with Crippen LogP contribution in [0.1, 0.15) is 60.3 Å². The number of aryl methyl sites for hydroxylation is 1. The summed E-state index contributed by atoms with van der Waals surface area (Å²) in [6.07, 6.45) is 1.31. The maximum absolute atomic E-state index is 12.7. The summed E-state index contributed by atoms with van der Waals surface area (Å²) in [5.41, 5.74) is 14.6.